The second-order valence-electron chi connectivity index (χ2n) is 12.7. The fourth-order valence-electron chi connectivity index (χ4n) is 6.72. The standard InChI is InChI=1S/C32H39FN6O6/c1-19-15-21(8-9-23(19)33)17-34-26(41)24-25(40)27(42)39-18-31(10-6-7-22-16-20(2)45-36-22)11-13-32(14-12-31,30(39)35-24)38(5)29(44)28(43)37(3)4/h8-9,15-16,40H,6-7,10-14,17-18H2,1-5H3,(H,34,41). The maximum Gasteiger partial charge on any atom is 0.312 e. The molecule has 4 heterocycles. The van der Waals surface area contributed by atoms with Crippen molar-refractivity contribution in [3.63, 3.8) is 0 Å². The smallest absolute Gasteiger partial charge is 0.312 e. The Bertz CT molecular complexity index is 1700. The molecule has 3 aliphatic rings. The highest BCUT2D eigenvalue weighted by molar-refractivity contribution is 6.34. The number of nitrogens with zero attached hydrogens (tertiary/aromatic N) is 5. The van der Waals surface area contributed by atoms with Gasteiger partial charge < -0.3 is 24.7 Å². The lowest BCUT2D eigenvalue weighted by Crippen LogP contribution is -2.54. The molecule has 240 valence electrons. The van der Waals surface area contributed by atoms with Crippen molar-refractivity contribution in [3.8, 4) is 5.75 Å². The van der Waals surface area contributed by atoms with E-state index < -0.39 is 40.3 Å². The number of carbonyl (C=O) groups excluding carboxylic acids is 3. The summed E-state index contributed by atoms with van der Waals surface area (Å²) in [5.41, 5.74) is -0.879. The lowest BCUT2D eigenvalue weighted by atomic mass is 9.66. The lowest BCUT2D eigenvalue weighted by Gasteiger charge is -2.46. The van der Waals surface area contributed by atoms with Gasteiger partial charge >= 0.3 is 11.8 Å². The van der Waals surface area contributed by atoms with Crippen LogP contribution in [0.25, 0.3) is 0 Å². The number of hydrogen-bond acceptors (Lipinski definition) is 8. The zero-order valence-corrected chi connectivity index (χ0v) is 26.3. The number of benzene rings is 1. The minimum Gasteiger partial charge on any atom is -0.501 e. The van der Waals surface area contributed by atoms with Gasteiger partial charge in [0.25, 0.3) is 11.5 Å². The van der Waals surface area contributed by atoms with Crippen molar-refractivity contribution in [2.75, 3.05) is 21.1 Å². The van der Waals surface area contributed by atoms with Crippen LogP contribution in [0.1, 0.15) is 77.4 Å². The van der Waals surface area contributed by atoms with Gasteiger partial charge in [-0.2, -0.15) is 0 Å². The first-order valence-corrected chi connectivity index (χ1v) is 15.1. The van der Waals surface area contributed by atoms with Gasteiger partial charge in [0.05, 0.1) is 5.69 Å². The molecule has 1 aliphatic carbocycles. The number of hydrogen-bond donors (Lipinski definition) is 2. The van der Waals surface area contributed by atoms with Crippen molar-refractivity contribution in [3.05, 3.63) is 74.5 Å². The topological polar surface area (TPSA) is 151 Å². The van der Waals surface area contributed by atoms with Crippen LogP contribution in [0.2, 0.25) is 0 Å². The van der Waals surface area contributed by atoms with Crippen LogP contribution in [-0.2, 0) is 34.6 Å². The van der Waals surface area contributed by atoms with E-state index in [1.807, 2.05) is 13.0 Å². The number of aromatic nitrogens is 3. The Morgan fingerprint density at radius 2 is 1.80 bits per heavy atom. The minimum absolute atomic E-state index is 0.00845. The number of aryl methyl sites for hydroxylation is 3. The van der Waals surface area contributed by atoms with E-state index in [9.17, 15) is 28.7 Å². The summed E-state index contributed by atoms with van der Waals surface area (Å²) in [5, 5.41) is 17.8. The monoisotopic (exact) mass is 622 g/mol. The van der Waals surface area contributed by atoms with Crippen LogP contribution in [0.3, 0.4) is 0 Å². The van der Waals surface area contributed by atoms with Crippen LogP contribution in [0, 0.1) is 25.1 Å². The number of aromatic hydroxyl groups is 1. The fraction of sp³-hybridized carbons (Fsp3) is 0.500. The number of rotatable bonds is 8. The Morgan fingerprint density at radius 3 is 2.42 bits per heavy atom. The Labute approximate surface area is 260 Å². The van der Waals surface area contributed by atoms with E-state index in [0.29, 0.717) is 43.2 Å². The number of likely N-dealkylation sites (N-methyl/N-ethyl adjacent to an activating group) is 2. The molecule has 45 heavy (non-hydrogen) atoms. The summed E-state index contributed by atoms with van der Waals surface area (Å²) in [4.78, 5) is 60.6. The second-order valence-corrected chi connectivity index (χ2v) is 12.7. The Morgan fingerprint density at radius 1 is 1.09 bits per heavy atom. The molecule has 0 spiro atoms. The van der Waals surface area contributed by atoms with Crippen LogP contribution in [-0.4, -0.2) is 68.5 Å². The molecule has 6 rings (SSSR count). The highest BCUT2D eigenvalue weighted by Gasteiger charge is 2.54. The van der Waals surface area contributed by atoms with Crippen molar-refractivity contribution in [1.82, 2.24) is 29.8 Å². The highest BCUT2D eigenvalue weighted by atomic mass is 19.1. The van der Waals surface area contributed by atoms with Gasteiger partial charge in [0.15, 0.2) is 5.69 Å². The molecular formula is C32H39FN6O6. The van der Waals surface area contributed by atoms with Crippen molar-refractivity contribution in [2.45, 2.75) is 77.4 Å². The molecule has 1 fully saturated rings. The first kappa shape index (κ1) is 31.9. The van der Waals surface area contributed by atoms with Gasteiger partial charge in [-0.1, -0.05) is 17.3 Å². The third-order valence-electron chi connectivity index (χ3n) is 9.44. The summed E-state index contributed by atoms with van der Waals surface area (Å²) in [6, 6.07) is 6.31. The molecule has 3 amide bonds. The van der Waals surface area contributed by atoms with Gasteiger partial charge in [0.2, 0.25) is 5.75 Å². The summed E-state index contributed by atoms with van der Waals surface area (Å²) >= 11 is 0. The molecule has 3 aromatic rings. The third kappa shape index (κ3) is 5.95. The van der Waals surface area contributed by atoms with Crippen LogP contribution < -0.4 is 10.9 Å². The van der Waals surface area contributed by atoms with Gasteiger partial charge in [0.1, 0.15) is 22.9 Å². The Hall–Kier alpha value is -4.55. The number of amides is 3. The highest BCUT2D eigenvalue weighted by Crippen LogP contribution is 2.54. The molecule has 12 nitrogen and oxygen atoms in total. The third-order valence-corrected chi connectivity index (χ3v) is 9.44. The molecule has 0 unspecified atom stereocenters. The number of carbonyl (C=O) groups is 3. The molecule has 2 bridgehead atoms. The predicted molar refractivity (Wildman–Crippen MR) is 161 cm³/mol. The predicted octanol–water partition coefficient (Wildman–Crippen LogP) is 2.96. The normalized spacial score (nSPS) is 20.3. The summed E-state index contributed by atoms with van der Waals surface area (Å²) in [5.74, 6) is -2.55. The van der Waals surface area contributed by atoms with Gasteiger partial charge in [-0.05, 0) is 81.4 Å². The molecule has 1 saturated carbocycles. The first-order chi connectivity index (χ1) is 21.3. The van der Waals surface area contributed by atoms with Gasteiger partial charge in [-0.3, -0.25) is 23.7 Å². The van der Waals surface area contributed by atoms with Crippen molar-refractivity contribution < 1.29 is 28.4 Å². The van der Waals surface area contributed by atoms with Crippen LogP contribution in [0.15, 0.2) is 33.6 Å². The summed E-state index contributed by atoms with van der Waals surface area (Å²) in [7, 11) is 4.50. The van der Waals surface area contributed by atoms with E-state index >= 15 is 0 Å². The number of halogens is 1. The number of fused-ring (bicyclic) bond motifs is 2. The Balaban J connectivity index is 1.51. The van der Waals surface area contributed by atoms with E-state index in [2.05, 4.69) is 15.5 Å². The molecule has 1 aromatic carbocycles. The van der Waals surface area contributed by atoms with Crippen molar-refractivity contribution in [1.29, 1.82) is 0 Å². The first-order valence-electron chi connectivity index (χ1n) is 15.1. The molecule has 0 atom stereocenters. The largest absolute Gasteiger partial charge is 0.501 e. The van der Waals surface area contributed by atoms with Gasteiger partial charge in [0, 0.05) is 40.3 Å². The zero-order valence-electron chi connectivity index (χ0n) is 26.3. The molecule has 0 radical (unpaired) electrons. The average Bonchev–Trinajstić information content (AvgIpc) is 3.31. The van der Waals surface area contributed by atoms with Crippen molar-refractivity contribution >= 4 is 17.7 Å². The van der Waals surface area contributed by atoms with Crippen LogP contribution in [0.4, 0.5) is 4.39 Å². The maximum atomic E-state index is 13.8. The summed E-state index contributed by atoms with van der Waals surface area (Å²) < 4.78 is 20.3. The SMILES string of the molecule is Cc1cc(CCCC23CCC(N(C)C(=O)C(=O)N(C)C)(CC2)c2nc(C(=O)NCc4ccc(F)c(C)c4)c(O)c(=O)n2C3)no1. The molecule has 13 heteroatoms. The van der Waals surface area contributed by atoms with Crippen LogP contribution >= 0.6 is 0 Å². The summed E-state index contributed by atoms with van der Waals surface area (Å²) in [6.45, 7) is 3.69. The Kier molecular flexibility index (Phi) is 8.56. The fourth-order valence-corrected chi connectivity index (χ4v) is 6.72. The molecule has 2 aromatic heterocycles. The number of nitrogens with one attached hydrogen (secondary N) is 1. The molecule has 2 N–H and O–H groups in total. The van der Waals surface area contributed by atoms with Gasteiger partial charge in [-0.15, -0.1) is 0 Å². The quantitative estimate of drug-likeness (QED) is 0.364. The summed E-state index contributed by atoms with van der Waals surface area (Å²) in [6.07, 6.45) is 4.30. The van der Waals surface area contributed by atoms with Crippen LogP contribution in [0.5, 0.6) is 5.75 Å². The molecular weight excluding hydrogens is 583 g/mol. The van der Waals surface area contributed by atoms with E-state index in [0.717, 1.165) is 24.3 Å². The maximum absolute atomic E-state index is 13.8. The van der Waals surface area contributed by atoms with Crippen molar-refractivity contribution in [2.24, 2.45) is 5.41 Å². The minimum atomic E-state index is -1.16. The lowest BCUT2D eigenvalue weighted by molar-refractivity contribution is -0.155. The zero-order chi connectivity index (χ0) is 32.7. The van der Waals surface area contributed by atoms with E-state index in [1.165, 1.54) is 47.6 Å². The van der Waals surface area contributed by atoms with E-state index in [1.54, 1.807) is 13.0 Å². The van der Waals surface area contributed by atoms with E-state index in [4.69, 9.17) is 4.52 Å². The molecule has 2 aliphatic heterocycles. The van der Waals surface area contributed by atoms with E-state index in [-0.39, 0.29) is 30.1 Å². The molecule has 0 saturated heterocycles. The average molecular weight is 623 g/mol. The second kappa shape index (κ2) is 12.1. The van der Waals surface area contributed by atoms with Gasteiger partial charge in [-0.25, -0.2) is 9.37 Å².